The summed E-state index contributed by atoms with van der Waals surface area (Å²) in [4.78, 5) is 12.9. The summed E-state index contributed by atoms with van der Waals surface area (Å²) in [5, 5.41) is 7.47. The third-order valence-electron chi connectivity index (χ3n) is 4.78. The number of hydrogen-bond donors (Lipinski definition) is 1. The maximum absolute atomic E-state index is 12.9. The Hall–Kier alpha value is -3.08. The van der Waals surface area contributed by atoms with E-state index in [0.717, 1.165) is 30.6 Å². The number of rotatable bonds is 4. The molecule has 0 fully saturated rings. The van der Waals surface area contributed by atoms with Crippen LogP contribution in [0.1, 0.15) is 34.5 Å². The zero-order chi connectivity index (χ0) is 17.9. The lowest BCUT2D eigenvalue weighted by Crippen LogP contribution is -2.17. The van der Waals surface area contributed by atoms with Crippen molar-refractivity contribution in [2.75, 3.05) is 12.4 Å². The van der Waals surface area contributed by atoms with E-state index in [0.29, 0.717) is 5.75 Å². The highest BCUT2D eigenvalue weighted by molar-refractivity contribution is 6.05. The number of anilines is 1. The molecule has 132 valence electrons. The van der Waals surface area contributed by atoms with E-state index in [4.69, 9.17) is 4.74 Å². The summed E-state index contributed by atoms with van der Waals surface area (Å²) in [5.74, 6) is 0.201. The number of carbonyl (C=O) groups is 1. The summed E-state index contributed by atoms with van der Waals surface area (Å²) < 4.78 is 7.04. The van der Waals surface area contributed by atoms with Crippen LogP contribution in [0.4, 0.5) is 5.69 Å². The molecule has 0 radical (unpaired) electrons. The number of nitrogens with one attached hydrogen (secondary N) is 1. The first-order chi connectivity index (χ1) is 12.8. The fourth-order valence-electron chi connectivity index (χ4n) is 3.46. The van der Waals surface area contributed by atoms with E-state index in [-0.39, 0.29) is 11.6 Å². The maximum Gasteiger partial charge on any atom is 0.280 e. The molecule has 1 aromatic heterocycles. The molecule has 1 amide bonds. The highest BCUT2D eigenvalue weighted by atomic mass is 16.5. The van der Waals surface area contributed by atoms with Crippen LogP contribution in [0.2, 0.25) is 0 Å². The van der Waals surface area contributed by atoms with E-state index in [1.54, 1.807) is 18.0 Å². The Labute approximate surface area is 152 Å². The molecule has 26 heavy (non-hydrogen) atoms. The number of hydrogen-bond acceptors (Lipinski definition) is 3. The molecule has 4 rings (SSSR count). The van der Waals surface area contributed by atoms with Gasteiger partial charge in [0.2, 0.25) is 0 Å². The van der Waals surface area contributed by atoms with Crippen LogP contribution in [0, 0.1) is 0 Å². The summed E-state index contributed by atoms with van der Waals surface area (Å²) in [5.41, 5.74) is 4.61. The van der Waals surface area contributed by atoms with Gasteiger partial charge in [-0.1, -0.05) is 30.3 Å². The van der Waals surface area contributed by atoms with E-state index in [2.05, 4.69) is 16.5 Å². The van der Waals surface area contributed by atoms with Gasteiger partial charge in [-0.2, -0.15) is 5.10 Å². The molecule has 1 aliphatic carbocycles. The summed E-state index contributed by atoms with van der Waals surface area (Å²) in [6.07, 6.45) is 6.17. The molecule has 0 saturated carbocycles. The molecule has 0 atom stereocenters. The van der Waals surface area contributed by atoms with Crippen molar-refractivity contribution >= 4 is 11.6 Å². The van der Waals surface area contributed by atoms with Crippen LogP contribution in [0.15, 0.2) is 54.7 Å². The van der Waals surface area contributed by atoms with Crippen LogP contribution >= 0.6 is 0 Å². The van der Waals surface area contributed by atoms with Crippen molar-refractivity contribution in [2.45, 2.75) is 25.7 Å². The standard InChI is InChI=1S/C21H21N3O2/c1-26-19-14-24(16-10-3-2-4-11-16)23-20(19)21(25)22-18-13-7-9-15-8-5-6-12-17(15)18/h2-4,7,9-11,13-14H,5-6,8,12H2,1H3,(H,22,25). The number of methoxy groups -OCH3 is 1. The van der Waals surface area contributed by atoms with Crippen molar-refractivity contribution in [1.82, 2.24) is 9.78 Å². The van der Waals surface area contributed by atoms with Gasteiger partial charge in [0.1, 0.15) is 0 Å². The van der Waals surface area contributed by atoms with Crippen molar-refractivity contribution < 1.29 is 9.53 Å². The van der Waals surface area contributed by atoms with Crippen molar-refractivity contribution in [2.24, 2.45) is 0 Å². The molecule has 5 heteroatoms. The van der Waals surface area contributed by atoms with Crippen molar-refractivity contribution in [3.63, 3.8) is 0 Å². The van der Waals surface area contributed by atoms with Crippen molar-refractivity contribution in [1.29, 1.82) is 0 Å². The lowest BCUT2D eigenvalue weighted by molar-refractivity contribution is 0.101. The molecule has 3 aromatic rings. The summed E-state index contributed by atoms with van der Waals surface area (Å²) in [6, 6.07) is 15.8. The molecule has 1 N–H and O–H groups in total. The van der Waals surface area contributed by atoms with Crippen molar-refractivity contribution in [3.05, 3.63) is 71.5 Å². The number of fused-ring (bicyclic) bond motifs is 1. The number of amides is 1. The summed E-state index contributed by atoms with van der Waals surface area (Å²) in [6.45, 7) is 0. The molecule has 1 aliphatic rings. The minimum absolute atomic E-state index is 0.254. The molecule has 2 aromatic carbocycles. The van der Waals surface area contributed by atoms with Gasteiger partial charge >= 0.3 is 0 Å². The summed E-state index contributed by atoms with van der Waals surface area (Å²) >= 11 is 0. The highest BCUT2D eigenvalue weighted by Gasteiger charge is 2.21. The molecule has 1 heterocycles. The average molecular weight is 347 g/mol. The third-order valence-corrected chi connectivity index (χ3v) is 4.78. The SMILES string of the molecule is COc1cn(-c2ccccc2)nc1C(=O)Nc1cccc2c1CCCC2. The Kier molecular flexibility index (Phi) is 4.44. The van der Waals surface area contributed by atoms with Gasteiger partial charge in [0.15, 0.2) is 11.4 Å². The van der Waals surface area contributed by atoms with Crippen LogP contribution < -0.4 is 10.1 Å². The number of nitrogens with zero attached hydrogens (tertiary/aromatic N) is 2. The Balaban J connectivity index is 1.64. The lowest BCUT2D eigenvalue weighted by Gasteiger charge is -2.19. The Morgan fingerprint density at radius 3 is 2.69 bits per heavy atom. The number of aryl methyl sites for hydroxylation is 1. The van der Waals surface area contributed by atoms with Crippen LogP contribution in [0.3, 0.4) is 0 Å². The van der Waals surface area contributed by atoms with Gasteiger partial charge in [0.05, 0.1) is 19.0 Å². The normalized spacial score (nSPS) is 13.1. The van der Waals surface area contributed by atoms with Crippen LogP contribution in [0.25, 0.3) is 5.69 Å². The number of carbonyl (C=O) groups excluding carboxylic acids is 1. The van der Waals surface area contributed by atoms with Gasteiger partial charge in [-0.15, -0.1) is 0 Å². The molecule has 0 bridgehead atoms. The minimum Gasteiger partial charge on any atom is -0.493 e. The van der Waals surface area contributed by atoms with Crippen molar-refractivity contribution in [3.8, 4) is 11.4 Å². The number of para-hydroxylation sites is 1. The number of ether oxygens (including phenoxy) is 1. The number of aromatic nitrogens is 2. The van der Waals surface area contributed by atoms with Gasteiger partial charge in [-0.05, 0) is 55.0 Å². The first kappa shape index (κ1) is 16.4. The fourth-order valence-corrected chi connectivity index (χ4v) is 3.46. The second-order valence-electron chi connectivity index (χ2n) is 6.43. The van der Waals surface area contributed by atoms with E-state index in [1.165, 1.54) is 17.5 Å². The van der Waals surface area contributed by atoms with E-state index in [1.807, 2.05) is 42.5 Å². The second kappa shape index (κ2) is 7.04. The quantitative estimate of drug-likeness (QED) is 0.776. The first-order valence-corrected chi connectivity index (χ1v) is 8.87. The van der Waals surface area contributed by atoms with Crippen LogP contribution in [-0.4, -0.2) is 22.8 Å². The zero-order valence-electron chi connectivity index (χ0n) is 14.7. The molecule has 0 aliphatic heterocycles. The van der Waals surface area contributed by atoms with Crippen LogP contribution in [-0.2, 0) is 12.8 Å². The zero-order valence-corrected chi connectivity index (χ0v) is 14.7. The Bertz CT molecular complexity index is 932. The van der Waals surface area contributed by atoms with E-state index in [9.17, 15) is 4.79 Å². The smallest absolute Gasteiger partial charge is 0.280 e. The number of benzene rings is 2. The van der Waals surface area contributed by atoms with Gasteiger partial charge in [-0.25, -0.2) is 4.68 Å². The Morgan fingerprint density at radius 1 is 1.08 bits per heavy atom. The molecule has 5 nitrogen and oxygen atoms in total. The predicted octanol–water partition coefficient (Wildman–Crippen LogP) is 4.01. The summed E-state index contributed by atoms with van der Waals surface area (Å²) in [7, 11) is 1.55. The van der Waals surface area contributed by atoms with E-state index >= 15 is 0 Å². The predicted molar refractivity (Wildman–Crippen MR) is 101 cm³/mol. The monoisotopic (exact) mass is 347 g/mol. The largest absolute Gasteiger partial charge is 0.493 e. The van der Waals surface area contributed by atoms with Gasteiger partial charge in [-0.3, -0.25) is 4.79 Å². The fraction of sp³-hybridized carbons (Fsp3) is 0.238. The molecule has 0 unspecified atom stereocenters. The molecular formula is C21H21N3O2. The van der Waals surface area contributed by atoms with Gasteiger partial charge in [0, 0.05) is 5.69 Å². The topological polar surface area (TPSA) is 56.2 Å². The third kappa shape index (κ3) is 3.08. The second-order valence-corrected chi connectivity index (χ2v) is 6.43. The minimum atomic E-state index is -0.254. The molecule has 0 spiro atoms. The maximum atomic E-state index is 12.9. The average Bonchev–Trinajstić information content (AvgIpc) is 3.14. The molecule has 0 saturated heterocycles. The van der Waals surface area contributed by atoms with Gasteiger partial charge in [0.25, 0.3) is 5.91 Å². The van der Waals surface area contributed by atoms with Gasteiger partial charge < -0.3 is 10.1 Å². The van der Waals surface area contributed by atoms with Crippen LogP contribution in [0.5, 0.6) is 5.75 Å². The first-order valence-electron chi connectivity index (χ1n) is 8.87. The lowest BCUT2D eigenvalue weighted by atomic mass is 9.90. The Morgan fingerprint density at radius 2 is 1.88 bits per heavy atom. The highest BCUT2D eigenvalue weighted by Crippen LogP contribution is 2.29. The van der Waals surface area contributed by atoms with E-state index < -0.39 is 0 Å². The molecular weight excluding hydrogens is 326 g/mol.